The molecule has 174 valence electrons. The van der Waals surface area contributed by atoms with E-state index in [9.17, 15) is 4.79 Å². The number of halogens is 1. The van der Waals surface area contributed by atoms with E-state index in [1.807, 2.05) is 66.9 Å². The summed E-state index contributed by atoms with van der Waals surface area (Å²) in [6.45, 7) is 4.56. The minimum atomic E-state index is -0.233. The van der Waals surface area contributed by atoms with Crippen molar-refractivity contribution in [1.82, 2.24) is 20.2 Å². The van der Waals surface area contributed by atoms with Gasteiger partial charge in [0.05, 0.1) is 18.6 Å². The van der Waals surface area contributed by atoms with Gasteiger partial charge in [0.1, 0.15) is 5.75 Å². The summed E-state index contributed by atoms with van der Waals surface area (Å²) in [7, 11) is 0. The lowest BCUT2D eigenvalue weighted by Gasteiger charge is -2.11. The van der Waals surface area contributed by atoms with Crippen molar-refractivity contribution >= 4 is 46.8 Å². The molecule has 0 spiro atoms. The van der Waals surface area contributed by atoms with Crippen LogP contribution in [0.15, 0.2) is 70.9 Å². The zero-order valence-corrected chi connectivity index (χ0v) is 21.0. The first-order chi connectivity index (χ1) is 16.5. The van der Waals surface area contributed by atoms with E-state index in [-0.39, 0.29) is 11.7 Å². The van der Waals surface area contributed by atoms with Crippen molar-refractivity contribution in [1.29, 1.82) is 0 Å². The number of rotatable bonds is 9. The van der Waals surface area contributed by atoms with Gasteiger partial charge in [0.25, 0.3) is 5.91 Å². The van der Waals surface area contributed by atoms with Crippen LogP contribution in [0.3, 0.4) is 0 Å². The molecule has 7 nitrogen and oxygen atoms in total. The van der Waals surface area contributed by atoms with Crippen LogP contribution in [0.5, 0.6) is 5.75 Å². The smallest absolute Gasteiger partial charge is 0.250 e. The Hall–Kier alpha value is -3.14. The Kier molecular flexibility index (Phi) is 7.99. The number of aryl methyl sites for hydroxylation is 1. The summed E-state index contributed by atoms with van der Waals surface area (Å²) in [6, 6.07) is 19.0. The summed E-state index contributed by atoms with van der Waals surface area (Å²) in [6.07, 6.45) is 1.64. The number of amides is 1. The van der Waals surface area contributed by atoms with Crippen molar-refractivity contribution in [3.63, 3.8) is 0 Å². The van der Waals surface area contributed by atoms with Crippen molar-refractivity contribution in [2.45, 2.75) is 19.0 Å². The third kappa shape index (κ3) is 6.05. The van der Waals surface area contributed by atoms with Crippen LogP contribution in [-0.4, -0.2) is 39.2 Å². The van der Waals surface area contributed by atoms with Crippen LogP contribution in [0.2, 0.25) is 5.02 Å². The molecule has 4 aromatic rings. The Morgan fingerprint density at radius 1 is 1.15 bits per heavy atom. The standard InChI is InChI=1S/C24H22ClN5O2S2/c1-3-32-20-11-9-19(10-12-20)30-23(17-5-7-18(25)8-6-17)28-29-24(30)33-15-22(31)27-26-14-21-13-4-16(2)34-21/h4-14H,3,15H2,1-2H3,(H,27,31)/b26-14+. The monoisotopic (exact) mass is 511 g/mol. The molecule has 34 heavy (non-hydrogen) atoms. The van der Waals surface area contributed by atoms with Crippen LogP contribution in [0.4, 0.5) is 0 Å². The summed E-state index contributed by atoms with van der Waals surface area (Å²) in [4.78, 5) is 14.5. The maximum atomic E-state index is 12.4. The molecule has 2 aromatic carbocycles. The molecule has 1 amide bonds. The maximum Gasteiger partial charge on any atom is 0.250 e. The molecule has 2 aromatic heterocycles. The second-order valence-electron chi connectivity index (χ2n) is 7.11. The predicted octanol–water partition coefficient (Wildman–Crippen LogP) is 5.60. The summed E-state index contributed by atoms with van der Waals surface area (Å²) in [5.41, 5.74) is 4.28. The summed E-state index contributed by atoms with van der Waals surface area (Å²) >= 11 is 8.95. The van der Waals surface area contributed by atoms with E-state index in [0.29, 0.717) is 22.6 Å². The van der Waals surface area contributed by atoms with Crippen LogP contribution < -0.4 is 10.2 Å². The molecule has 0 bridgehead atoms. The average Bonchev–Trinajstić information content (AvgIpc) is 3.45. The van der Waals surface area contributed by atoms with E-state index in [1.165, 1.54) is 16.6 Å². The van der Waals surface area contributed by atoms with Gasteiger partial charge in [-0.1, -0.05) is 23.4 Å². The van der Waals surface area contributed by atoms with Crippen molar-refractivity contribution in [2.24, 2.45) is 5.10 Å². The van der Waals surface area contributed by atoms with Gasteiger partial charge < -0.3 is 4.74 Å². The van der Waals surface area contributed by atoms with E-state index in [4.69, 9.17) is 16.3 Å². The van der Waals surface area contributed by atoms with Crippen LogP contribution >= 0.6 is 34.7 Å². The number of aromatic nitrogens is 3. The second kappa shape index (κ2) is 11.3. The summed E-state index contributed by atoms with van der Waals surface area (Å²) in [5, 5.41) is 14.0. The molecule has 2 heterocycles. The Balaban J connectivity index is 1.53. The first-order valence-electron chi connectivity index (χ1n) is 10.5. The Morgan fingerprint density at radius 2 is 1.91 bits per heavy atom. The van der Waals surface area contributed by atoms with Crippen LogP contribution in [-0.2, 0) is 4.79 Å². The number of hydrogen-bond donors (Lipinski definition) is 1. The first kappa shape index (κ1) is 24.0. The quantitative estimate of drug-likeness (QED) is 0.180. The van der Waals surface area contributed by atoms with Gasteiger partial charge in [-0.15, -0.1) is 21.5 Å². The molecule has 0 saturated carbocycles. The lowest BCUT2D eigenvalue weighted by Crippen LogP contribution is -2.19. The normalized spacial score (nSPS) is 11.1. The zero-order chi connectivity index (χ0) is 23.9. The molecule has 0 atom stereocenters. The third-order valence-electron chi connectivity index (χ3n) is 4.62. The number of benzene rings is 2. The lowest BCUT2D eigenvalue weighted by atomic mass is 10.2. The molecule has 1 N–H and O–H groups in total. The molecule has 0 aliphatic heterocycles. The Morgan fingerprint density at radius 3 is 2.59 bits per heavy atom. The van der Waals surface area contributed by atoms with Gasteiger partial charge in [-0.3, -0.25) is 9.36 Å². The minimum Gasteiger partial charge on any atom is -0.494 e. The van der Waals surface area contributed by atoms with Gasteiger partial charge in [-0.25, -0.2) is 5.43 Å². The van der Waals surface area contributed by atoms with E-state index in [0.717, 1.165) is 21.9 Å². The number of carbonyl (C=O) groups is 1. The van der Waals surface area contributed by atoms with Crippen LogP contribution in [0, 0.1) is 6.92 Å². The Labute approximate surface area is 210 Å². The molecule has 0 aliphatic carbocycles. The van der Waals surface area contributed by atoms with Crippen LogP contribution in [0.25, 0.3) is 17.1 Å². The topological polar surface area (TPSA) is 81.4 Å². The number of nitrogens with one attached hydrogen (secondary N) is 1. The molecular weight excluding hydrogens is 490 g/mol. The molecule has 4 rings (SSSR count). The highest BCUT2D eigenvalue weighted by Crippen LogP contribution is 2.29. The number of thiophene rings is 1. The largest absolute Gasteiger partial charge is 0.494 e. The van der Waals surface area contributed by atoms with Gasteiger partial charge in [0, 0.05) is 26.0 Å². The van der Waals surface area contributed by atoms with Crippen LogP contribution in [0.1, 0.15) is 16.7 Å². The van der Waals surface area contributed by atoms with Crippen molar-refractivity contribution in [3.8, 4) is 22.8 Å². The molecule has 0 radical (unpaired) electrons. The van der Waals surface area contributed by atoms with Gasteiger partial charge in [-0.2, -0.15) is 5.10 Å². The molecule has 10 heteroatoms. The highest BCUT2D eigenvalue weighted by molar-refractivity contribution is 7.99. The predicted molar refractivity (Wildman–Crippen MR) is 138 cm³/mol. The van der Waals surface area contributed by atoms with E-state index in [2.05, 4.69) is 20.7 Å². The zero-order valence-electron chi connectivity index (χ0n) is 18.6. The molecule has 0 aliphatic rings. The van der Waals surface area contributed by atoms with Gasteiger partial charge in [0.15, 0.2) is 11.0 Å². The first-order valence-corrected chi connectivity index (χ1v) is 12.7. The van der Waals surface area contributed by atoms with Crippen molar-refractivity contribution in [3.05, 3.63) is 75.4 Å². The average molecular weight is 512 g/mol. The molecule has 0 unspecified atom stereocenters. The third-order valence-corrected chi connectivity index (χ3v) is 6.73. The molecular formula is C24H22ClN5O2S2. The van der Waals surface area contributed by atoms with E-state index < -0.39 is 0 Å². The fourth-order valence-corrected chi connectivity index (χ4v) is 4.71. The molecule has 0 fully saturated rings. The number of hydrazone groups is 1. The number of carbonyl (C=O) groups excluding carboxylic acids is 1. The highest BCUT2D eigenvalue weighted by Gasteiger charge is 2.17. The second-order valence-corrected chi connectivity index (χ2v) is 9.80. The maximum absolute atomic E-state index is 12.4. The highest BCUT2D eigenvalue weighted by atomic mass is 35.5. The summed E-state index contributed by atoms with van der Waals surface area (Å²) in [5.74, 6) is 1.33. The minimum absolute atomic E-state index is 0.136. The number of ether oxygens (including phenoxy) is 1. The van der Waals surface area contributed by atoms with Crippen molar-refractivity contribution < 1.29 is 9.53 Å². The number of hydrogen-bond acceptors (Lipinski definition) is 7. The summed E-state index contributed by atoms with van der Waals surface area (Å²) < 4.78 is 7.47. The Bertz CT molecular complexity index is 1280. The SMILES string of the molecule is CCOc1ccc(-n2c(SCC(=O)N/N=C/c3ccc(C)s3)nnc2-c2ccc(Cl)cc2)cc1. The number of thioether (sulfide) groups is 1. The van der Waals surface area contributed by atoms with Crippen molar-refractivity contribution in [2.75, 3.05) is 12.4 Å². The lowest BCUT2D eigenvalue weighted by molar-refractivity contribution is -0.118. The fraction of sp³-hybridized carbons (Fsp3) is 0.167. The molecule has 0 saturated heterocycles. The van der Waals surface area contributed by atoms with Gasteiger partial charge in [-0.05, 0) is 74.5 Å². The van der Waals surface area contributed by atoms with E-state index >= 15 is 0 Å². The number of nitrogens with zero attached hydrogens (tertiary/aromatic N) is 4. The van der Waals surface area contributed by atoms with Gasteiger partial charge >= 0.3 is 0 Å². The van der Waals surface area contributed by atoms with Gasteiger partial charge in [0.2, 0.25) is 0 Å². The van der Waals surface area contributed by atoms with E-state index in [1.54, 1.807) is 29.7 Å². The fourth-order valence-electron chi connectivity index (χ4n) is 3.09.